The van der Waals surface area contributed by atoms with Crippen molar-refractivity contribution in [3.05, 3.63) is 0 Å². The zero-order valence-corrected chi connectivity index (χ0v) is 6.02. The van der Waals surface area contributed by atoms with Crippen molar-refractivity contribution in [3.8, 4) is 0 Å². The Hall–Kier alpha value is -0.140. The average Bonchev–Trinajstić information content (AvgIpc) is 1.67. The smallest absolute Gasteiger partial charge is 0.218 e. The molecule has 0 bridgehead atoms. The monoisotopic (exact) mass is 135 g/mol. The van der Waals surface area contributed by atoms with E-state index in [1.165, 1.54) is 4.67 Å². The molecular formula is C4H10NO2P. The van der Waals surface area contributed by atoms with Crippen LogP contribution in [0.25, 0.3) is 0 Å². The largest absolute Gasteiger partial charge is 0.398 e. The van der Waals surface area contributed by atoms with E-state index in [9.17, 15) is 9.13 Å². The van der Waals surface area contributed by atoms with Gasteiger partial charge in [-0.25, -0.2) is 13.8 Å². The summed E-state index contributed by atoms with van der Waals surface area (Å²) in [5.74, 6) is 0. The van der Waals surface area contributed by atoms with Gasteiger partial charge in [-0.05, 0) is 6.42 Å². The molecule has 0 aromatic carbocycles. The Morgan fingerprint density at radius 2 is 2.00 bits per heavy atom. The Morgan fingerprint density at radius 3 is 2.12 bits per heavy atom. The second-order valence-corrected chi connectivity index (χ2v) is 2.78. The molecule has 0 atom stereocenters. The zero-order valence-electron chi connectivity index (χ0n) is 5.13. The molecule has 0 aromatic rings. The predicted octanol–water partition coefficient (Wildman–Crippen LogP) is 1.42. The van der Waals surface area contributed by atoms with E-state index in [2.05, 4.69) is 0 Å². The first kappa shape index (κ1) is 7.86. The molecule has 3 nitrogen and oxygen atoms in total. The lowest BCUT2D eigenvalue weighted by Crippen LogP contribution is -2.06. The van der Waals surface area contributed by atoms with Gasteiger partial charge in [-0.3, -0.25) is 0 Å². The summed E-state index contributed by atoms with van der Waals surface area (Å²) in [5, 5.41) is 0. The minimum atomic E-state index is -2.33. The Kier molecular flexibility index (Phi) is 3.75. The molecule has 0 saturated heterocycles. The van der Waals surface area contributed by atoms with Crippen LogP contribution in [0.1, 0.15) is 13.3 Å². The van der Waals surface area contributed by atoms with Gasteiger partial charge in [-0.1, -0.05) is 6.92 Å². The van der Waals surface area contributed by atoms with Crippen LogP contribution >= 0.6 is 7.83 Å². The lowest BCUT2D eigenvalue weighted by molar-refractivity contribution is 0.432. The molecule has 0 fully saturated rings. The number of rotatable bonds is 3. The highest BCUT2D eigenvalue weighted by Crippen LogP contribution is 2.08. The molecule has 0 saturated carbocycles. The molecule has 0 aliphatic rings. The fourth-order valence-electron chi connectivity index (χ4n) is 0.405. The van der Waals surface area contributed by atoms with Crippen LogP contribution < -0.4 is 0 Å². The number of hydrogen-bond donors (Lipinski definition) is 0. The van der Waals surface area contributed by atoms with Gasteiger partial charge >= 0.3 is 7.83 Å². The van der Waals surface area contributed by atoms with E-state index in [0.29, 0.717) is 6.54 Å². The molecule has 0 unspecified atom stereocenters. The molecule has 0 rings (SSSR count). The Bertz CT molecular complexity index is 113. The molecule has 0 amide bonds. The summed E-state index contributed by atoms with van der Waals surface area (Å²) in [4.78, 5) is 0. The van der Waals surface area contributed by atoms with E-state index >= 15 is 0 Å². The molecule has 48 valence electrons. The van der Waals surface area contributed by atoms with E-state index in [0.717, 1.165) is 6.42 Å². The van der Waals surface area contributed by atoms with Crippen molar-refractivity contribution in [3.63, 3.8) is 0 Å². The molecule has 0 heterocycles. The third kappa shape index (κ3) is 2.94. The lowest BCUT2D eigenvalue weighted by Gasteiger charge is -2.00. The molecule has 0 aliphatic carbocycles. The first-order chi connectivity index (χ1) is 3.68. The Balaban J connectivity index is 3.48. The van der Waals surface area contributed by atoms with Gasteiger partial charge in [0.2, 0.25) is 0 Å². The third-order valence-corrected chi connectivity index (χ3v) is 1.58. The van der Waals surface area contributed by atoms with Crippen LogP contribution in [0.2, 0.25) is 0 Å². The maximum absolute atomic E-state index is 10.1. The maximum atomic E-state index is 10.1. The fourth-order valence-corrected chi connectivity index (χ4v) is 0.769. The number of hydrogen-bond acceptors (Lipinski definition) is 2. The van der Waals surface area contributed by atoms with E-state index in [1.54, 1.807) is 7.05 Å². The average molecular weight is 135 g/mol. The first-order valence-electron chi connectivity index (χ1n) is 2.54. The van der Waals surface area contributed by atoms with Gasteiger partial charge in [-0.2, -0.15) is 0 Å². The normalized spacial score (nSPS) is 9.88. The quantitative estimate of drug-likeness (QED) is 0.549. The van der Waals surface area contributed by atoms with Gasteiger partial charge in [0.1, 0.15) is 0 Å². The fraction of sp³-hybridized carbons (Fsp3) is 1.00. The van der Waals surface area contributed by atoms with Gasteiger partial charge in [0.15, 0.2) is 0 Å². The molecule has 0 radical (unpaired) electrons. The SMILES string of the molecule is CCCN(C)P(=O)=O. The zero-order chi connectivity index (χ0) is 6.57. The van der Waals surface area contributed by atoms with Crippen molar-refractivity contribution in [2.24, 2.45) is 0 Å². The maximum Gasteiger partial charge on any atom is 0.398 e. The van der Waals surface area contributed by atoms with Gasteiger partial charge in [-0.15, -0.1) is 0 Å². The van der Waals surface area contributed by atoms with E-state index in [-0.39, 0.29) is 0 Å². The third-order valence-electron chi connectivity index (χ3n) is 0.826. The van der Waals surface area contributed by atoms with Gasteiger partial charge in [0.25, 0.3) is 0 Å². The summed E-state index contributed by atoms with van der Waals surface area (Å²) >= 11 is 0. The summed E-state index contributed by atoms with van der Waals surface area (Å²) in [6.07, 6.45) is 0.875. The second-order valence-electron chi connectivity index (χ2n) is 1.62. The van der Waals surface area contributed by atoms with Crippen LogP contribution in [0.4, 0.5) is 0 Å². The van der Waals surface area contributed by atoms with E-state index < -0.39 is 7.83 Å². The van der Waals surface area contributed by atoms with E-state index in [1.807, 2.05) is 6.92 Å². The highest BCUT2D eigenvalue weighted by Gasteiger charge is 1.97. The van der Waals surface area contributed by atoms with Crippen molar-refractivity contribution in [1.82, 2.24) is 4.67 Å². The van der Waals surface area contributed by atoms with Crippen LogP contribution in [-0.4, -0.2) is 18.3 Å². The molecule has 8 heavy (non-hydrogen) atoms. The van der Waals surface area contributed by atoms with Crippen molar-refractivity contribution >= 4 is 7.83 Å². The van der Waals surface area contributed by atoms with Crippen LogP contribution in [0, 0.1) is 0 Å². The van der Waals surface area contributed by atoms with Crippen molar-refractivity contribution in [1.29, 1.82) is 0 Å². The first-order valence-corrected chi connectivity index (χ1v) is 3.67. The summed E-state index contributed by atoms with van der Waals surface area (Å²) in [7, 11) is -0.770. The van der Waals surface area contributed by atoms with Crippen molar-refractivity contribution in [2.45, 2.75) is 13.3 Å². The molecule has 0 N–H and O–H groups in total. The molecule has 0 aromatic heterocycles. The van der Waals surface area contributed by atoms with Gasteiger partial charge in [0.05, 0.1) is 0 Å². The Labute approximate surface area is 49.6 Å². The Morgan fingerprint density at radius 1 is 1.50 bits per heavy atom. The van der Waals surface area contributed by atoms with E-state index in [4.69, 9.17) is 0 Å². The van der Waals surface area contributed by atoms with Crippen LogP contribution in [0.3, 0.4) is 0 Å². The lowest BCUT2D eigenvalue weighted by atomic mass is 10.5. The predicted molar refractivity (Wildman–Crippen MR) is 31.2 cm³/mol. The van der Waals surface area contributed by atoms with Crippen LogP contribution in [-0.2, 0) is 9.13 Å². The van der Waals surface area contributed by atoms with Gasteiger partial charge < -0.3 is 0 Å². The number of nitrogens with zero attached hydrogens (tertiary/aromatic N) is 1. The van der Waals surface area contributed by atoms with Crippen molar-refractivity contribution in [2.75, 3.05) is 13.6 Å². The molecule has 0 aliphatic heterocycles. The minimum Gasteiger partial charge on any atom is -0.218 e. The van der Waals surface area contributed by atoms with Crippen LogP contribution in [0.15, 0.2) is 0 Å². The summed E-state index contributed by atoms with van der Waals surface area (Å²) in [6, 6.07) is 0. The molecular weight excluding hydrogens is 125 g/mol. The second kappa shape index (κ2) is 3.81. The highest BCUT2D eigenvalue weighted by atomic mass is 31.1. The summed E-state index contributed by atoms with van der Waals surface area (Å²) < 4.78 is 21.4. The highest BCUT2D eigenvalue weighted by molar-refractivity contribution is 7.27. The topological polar surface area (TPSA) is 37.4 Å². The molecule has 4 heteroatoms. The molecule has 0 spiro atoms. The standard InChI is InChI=1S/C4H10NO2P/c1-3-4-5(2)8(6)7/h3-4H2,1-2H3. The van der Waals surface area contributed by atoms with Crippen LogP contribution in [0.5, 0.6) is 0 Å². The van der Waals surface area contributed by atoms with Gasteiger partial charge in [0, 0.05) is 13.6 Å². The minimum absolute atomic E-state index is 0.624. The summed E-state index contributed by atoms with van der Waals surface area (Å²) in [6.45, 7) is 2.56. The van der Waals surface area contributed by atoms with Crippen molar-refractivity contribution < 1.29 is 9.13 Å². The summed E-state index contributed by atoms with van der Waals surface area (Å²) in [5.41, 5.74) is 0.